The molecule has 2 aliphatic rings. The van der Waals surface area contributed by atoms with Crippen LogP contribution in [0.15, 0.2) is 59.8 Å². The van der Waals surface area contributed by atoms with Crippen LogP contribution in [-0.4, -0.2) is 35.3 Å². The largest absolute Gasteiger partial charge is 0.292 e. The summed E-state index contributed by atoms with van der Waals surface area (Å²) in [6.07, 6.45) is 13.3. The highest BCUT2D eigenvalue weighted by Gasteiger charge is 2.48. The first kappa shape index (κ1) is 23.7. The molecule has 2 aromatic rings. The van der Waals surface area contributed by atoms with Crippen molar-refractivity contribution in [1.29, 1.82) is 0 Å². The standard InChI is InChI=1S/C23H26F2N4O2S2/c1-3-4-5-6-16(2)20-13-23(7-8-23)9-10-29(20)14-17-11-19(25)21(12-18(17)24)33(30,31)28-22-26-15-27-32-22/h3-6,11-12,15,20H,2,7-10,13-14H2,1H3,(H,26,27,28)/b4-3-,6-5-/t20-/m1/s1. The molecule has 0 radical (unpaired) electrons. The van der Waals surface area contributed by atoms with Crippen LogP contribution in [0.4, 0.5) is 13.9 Å². The zero-order valence-electron chi connectivity index (χ0n) is 18.3. The summed E-state index contributed by atoms with van der Waals surface area (Å²) in [6.45, 7) is 7.09. The van der Waals surface area contributed by atoms with Gasteiger partial charge >= 0.3 is 0 Å². The summed E-state index contributed by atoms with van der Waals surface area (Å²) in [6, 6.07) is 1.73. The molecule has 0 bridgehead atoms. The van der Waals surface area contributed by atoms with Gasteiger partial charge in [0.1, 0.15) is 22.9 Å². The predicted molar refractivity (Wildman–Crippen MR) is 125 cm³/mol. The lowest BCUT2D eigenvalue weighted by Crippen LogP contribution is -2.43. The maximum Gasteiger partial charge on any atom is 0.266 e. The molecule has 10 heteroatoms. The van der Waals surface area contributed by atoms with E-state index in [4.69, 9.17) is 0 Å². The fraction of sp³-hybridized carbons (Fsp3) is 0.391. The topological polar surface area (TPSA) is 75.2 Å². The van der Waals surface area contributed by atoms with Gasteiger partial charge in [0.05, 0.1) is 0 Å². The minimum absolute atomic E-state index is 0.0199. The van der Waals surface area contributed by atoms with Gasteiger partial charge in [0.15, 0.2) is 0 Å². The highest BCUT2D eigenvalue weighted by molar-refractivity contribution is 7.93. The Balaban J connectivity index is 1.56. The third-order valence-electron chi connectivity index (χ3n) is 6.34. The van der Waals surface area contributed by atoms with Gasteiger partial charge in [-0.05, 0) is 62.3 Å². The number of nitrogens with one attached hydrogen (secondary N) is 1. The zero-order valence-corrected chi connectivity index (χ0v) is 19.9. The number of aromatic nitrogens is 2. The van der Waals surface area contributed by atoms with E-state index < -0.39 is 26.6 Å². The third-order valence-corrected chi connectivity index (χ3v) is 8.41. The van der Waals surface area contributed by atoms with Gasteiger partial charge in [0.2, 0.25) is 5.13 Å². The van der Waals surface area contributed by atoms with Gasteiger partial charge in [-0.1, -0.05) is 30.9 Å². The normalized spacial score (nSPS) is 20.6. The molecule has 4 rings (SSSR count). The first-order valence-electron chi connectivity index (χ1n) is 10.7. The number of anilines is 1. The maximum absolute atomic E-state index is 15.0. The molecule has 1 aromatic carbocycles. The Morgan fingerprint density at radius 1 is 1.30 bits per heavy atom. The van der Waals surface area contributed by atoms with E-state index in [1.54, 1.807) is 0 Å². The van der Waals surface area contributed by atoms with Gasteiger partial charge in [-0.2, -0.15) is 4.37 Å². The summed E-state index contributed by atoms with van der Waals surface area (Å²) >= 11 is 0.803. The lowest BCUT2D eigenvalue weighted by Gasteiger charge is -2.40. The minimum Gasteiger partial charge on any atom is -0.292 e. The van der Waals surface area contributed by atoms with Crippen molar-refractivity contribution in [3.63, 3.8) is 0 Å². The summed E-state index contributed by atoms with van der Waals surface area (Å²) < 4.78 is 60.6. The Bertz CT molecular complexity index is 1190. The van der Waals surface area contributed by atoms with E-state index in [1.165, 1.54) is 19.2 Å². The predicted octanol–water partition coefficient (Wildman–Crippen LogP) is 5.05. The summed E-state index contributed by atoms with van der Waals surface area (Å²) in [5.41, 5.74) is 1.39. The highest BCUT2D eigenvalue weighted by Crippen LogP contribution is 2.56. The van der Waals surface area contributed by atoms with Crippen LogP contribution in [-0.2, 0) is 16.6 Å². The molecule has 2 heterocycles. The number of nitrogens with zero attached hydrogens (tertiary/aromatic N) is 3. The second kappa shape index (κ2) is 9.44. The Morgan fingerprint density at radius 2 is 2.09 bits per heavy atom. The van der Waals surface area contributed by atoms with E-state index in [0.717, 1.165) is 48.6 Å². The van der Waals surface area contributed by atoms with Gasteiger partial charge < -0.3 is 0 Å². The van der Waals surface area contributed by atoms with E-state index in [0.29, 0.717) is 5.41 Å². The first-order valence-corrected chi connectivity index (χ1v) is 13.0. The zero-order chi connectivity index (χ0) is 23.6. The van der Waals surface area contributed by atoms with E-state index in [9.17, 15) is 17.2 Å². The van der Waals surface area contributed by atoms with Gasteiger partial charge in [-0.25, -0.2) is 22.2 Å². The van der Waals surface area contributed by atoms with Crippen LogP contribution in [0.1, 0.15) is 38.2 Å². The molecule has 1 aromatic heterocycles. The quantitative estimate of drug-likeness (QED) is 0.522. The molecule has 2 fully saturated rings. The summed E-state index contributed by atoms with van der Waals surface area (Å²) in [7, 11) is -4.33. The van der Waals surface area contributed by atoms with Crippen LogP contribution in [0.3, 0.4) is 0 Å². The van der Waals surface area contributed by atoms with Crippen LogP contribution >= 0.6 is 11.5 Å². The van der Waals surface area contributed by atoms with Crippen molar-refractivity contribution in [2.24, 2.45) is 5.41 Å². The van der Waals surface area contributed by atoms with E-state index in [2.05, 4.69) is 25.6 Å². The molecule has 1 atom stereocenters. The van der Waals surface area contributed by atoms with Crippen molar-refractivity contribution in [1.82, 2.24) is 14.3 Å². The molecule has 1 saturated heterocycles. The van der Waals surface area contributed by atoms with Crippen LogP contribution in [0.2, 0.25) is 0 Å². The molecular formula is C23H26F2N4O2S2. The van der Waals surface area contributed by atoms with Crippen molar-refractivity contribution in [2.45, 2.75) is 50.1 Å². The number of likely N-dealkylation sites (tertiary alicyclic amines) is 1. The van der Waals surface area contributed by atoms with Gasteiger partial charge in [0, 0.05) is 29.7 Å². The number of allylic oxidation sites excluding steroid dienone is 3. The van der Waals surface area contributed by atoms with Crippen LogP contribution in [0.5, 0.6) is 0 Å². The minimum atomic E-state index is -4.33. The average Bonchev–Trinajstić information content (AvgIpc) is 3.32. The van der Waals surface area contributed by atoms with Crippen molar-refractivity contribution in [3.05, 3.63) is 72.1 Å². The lowest BCUT2D eigenvalue weighted by atomic mass is 9.84. The summed E-state index contributed by atoms with van der Waals surface area (Å²) in [4.78, 5) is 5.07. The number of halogens is 2. The Hall–Kier alpha value is -2.43. The molecule has 6 nitrogen and oxygen atoms in total. The molecule has 1 aliphatic heterocycles. The van der Waals surface area contributed by atoms with Gasteiger partial charge in [-0.3, -0.25) is 9.62 Å². The van der Waals surface area contributed by atoms with Crippen molar-refractivity contribution in [3.8, 4) is 0 Å². The van der Waals surface area contributed by atoms with Crippen LogP contribution < -0.4 is 4.72 Å². The van der Waals surface area contributed by atoms with Crippen LogP contribution in [0.25, 0.3) is 0 Å². The Morgan fingerprint density at radius 3 is 2.76 bits per heavy atom. The molecule has 0 unspecified atom stereocenters. The maximum atomic E-state index is 15.0. The van der Waals surface area contributed by atoms with Gasteiger partial charge in [-0.15, -0.1) is 0 Å². The number of hydrogen-bond acceptors (Lipinski definition) is 6. The van der Waals surface area contributed by atoms with Crippen molar-refractivity contribution >= 4 is 26.7 Å². The van der Waals surface area contributed by atoms with E-state index in [-0.39, 0.29) is 23.3 Å². The second-order valence-electron chi connectivity index (χ2n) is 8.63. The molecule has 176 valence electrons. The number of rotatable bonds is 8. The number of benzene rings is 1. The molecule has 1 aliphatic carbocycles. The Labute approximate surface area is 197 Å². The smallest absolute Gasteiger partial charge is 0.266 e. The fourth-order valence-electron chi connectivity index (χ4n) is 4.27. The van der Waals surface area contributed by atoms with Crippen molar-refractivity contribution < 1.29 is 17.2 Å². The van der Waals surface area contributed by atoms with Crippen molar-refractivity contribution in [2.75, 3.05) is 11.3 Å². The number of sulfonamides is 1. The molecule has 1 saturated carbocycles. The molecule has 0 amide bonds. The average molecular weight is 493 g/mol. The van der Waals surface area contributed by atoms with Crippen LogP contribution in [0, 0.1) is 17.0 Å². The van der Waals surface area contributed by atoms with E-state index in [1.807, 2.05) is 31.2 Å². The third kappa shape index (κ3) is 5.39. The monoisotopic (exact) mass is 492 g/mol. The second-order valence-corrected chi connectivity index (χ2v) is 11.1. The summed E-state index contributed by atoms with van der Waals surface area (Å²) in [5.74, 6) is -1.78. The molecule has 1 spiro atoms. The number of hydrogen-bond donors (Lipinski definition) is 1. The highest BCUT2D eigenvalue weighted by atomic mass is 32.2. The Kier molecular flexibility index (Phi) is 6.78. The molecule has 1 N–H and O–H groups in total. The van der Waals surface area contributed by atoms with E-state index >= 15 is 0 Å². The SMILES string of the molecule is C=C(/C=C\C=C/C)[C@H]1CC2(CCN1Cc1cc(F)c(S(=O)(=O)Nc3ncns3)cc1F)CC2. The summed E-state index contributed by atoms with van der Waals surface area (Å²) in [5, 5.41) is -0.0199. The first-order chi connectivity index (χ1) is 15.7. The fourth-order valence-corrected chi connectivity index (χ4v) is 6.00. The molecule has 33 heavy (non-hydrogen) atoms. The van der Waals surface area contributed by atoms with Gasteiger partial charge in [0.25, 0.3) is 10.0 Å². The molecular weight excluding hydrogens is 466 g/mol. The lowest BCUT2D eigenvalue weighted by molar-refractivity contribution is 0.116. The number of piperidine rings is 1.